The van der Waals surface area contributed by atoms with E-state index in [1.54, 1.807) is 37.5 Å². The molecule has 2 aromatic rings. The smallest absolute Gasteiger partial charge is 0.185 e. The van der Waals surface area contributed by atoms with Crippen LogP contribution in [-0.2, 0) is 0 Å². The Morgan fingerprint density at radius 2 is 1.95 bits per heavy atom. The second kappa shape index (κ2) is 6.35. The summed E-state index contributed by atoms with van der Waals surface area (Å²) >= 11 is 0. The minimum absolute atomic E-state index is 0.0997. The number of rotatable bonds is 4. The summed E-state index contributed by atoms with van der Waals surface area (Å²) in [6, 6.07) is 16.0. The third-order valence-corrected chi connectivity index (χ3v) is 2.82. The van der Waals surface area contributed by atoms with Crippen molar-refractivity contribution in [3.63, 3.8) is 0 Å². The van der Waals surface area contributed by atoms with Crippen LogP contribution in [0.2, 0.25) is 0 Å². The number of nitriles is 1. The molecule has 0 fully saturated rings. The quantitative estimate of drug-likeness (QED) is 0.627. The number of methoxy groups -OCH3 is 1. The van der Waals surface area contributed by atoms with Gasteiger partial charge in [-0.05, 0) is 48.0 Å². The van der Waals surface area contributed by atoms with Gasteiger partial charge < -0.3 is 4.74 Å². The zero-order valence-electron chi connectivity index (χ0n) is 11.0. The average Bonchev–Trinajstić information content (AvgIpc) is 2.53. The lowest BCUT2D eigenvalue weighted by atomic mass is 10.1. The molecular formula is C17H13NO2. The molecule has 0 aromatic heterocycles. The van der Waals surface area contributed by atoms with Gasteiger partial charge in [0.2, 0.25) is 0 Å². The topological polar surface area (TPSA) is 50.1 Å². The molecule has 0 spiro atoms. The van der Waals surface area contributed by atoms with Crippen molar-refractivity contribution in [2.45, 2.75) is 0 Å². The van der Waals surface area contributed by atoms with Gasteiger partial charge in [-0.2, -0.15) is 5.26 Å². The van der Waals surface area contributed by atoms with Crippen LogP contribution in [0.15, 0.2) is 54.6 Å². The minimum Gasteiger partial charge on any atom is -0.497 e. The predicted octanol–water partition coefficient (Wildman–Crippen LogP) is 3.46. The van der Waals surface area contributed by atoms with Gasteiger partial charge in [-0.25, -0.2) is 0 Å². The third-order valence-electron chi connectivity index (χ3n) is 2.82. The zero-order valence-corrected chi connectivity index (χ0v) is 11.0. The standard InChI is InChI=1S/C17H13NO2/c1-20-16-4-2-3-13(11-16)7-10-17(19)15-8-5-14(12-18)6-9-15/h2-11H,1H3. The van der Waals surface area contributed by atoms with Crippen molar-refractivity contribution in [3.8, 4) is 11.8 Å². The summed E-state index contributed by atoms with van der Waals surface area (Å²) in [7, 11) is 1.60. The van der Waals surface area contributed by atoms with Crippen LogP contribution in [0.3, 0.4) is 0 Å². The van der Waals surface area contributed by atoms with Crippen molar-refractivity contribution in [2.75, 3.05) is 7.11 Å². The fourth-order valence-electron chi connectivity index (χ4n) is 1.72. The highest BCUT2D eigenvalue weighted by molar-refractivity contribution is 6.06. The first kappa shape index (κ1) is 13.6. The molecular weight excluding hydrogens is 250 g/mol. The Kier molecular flexibility index (Phi) is 4.31. The van der Waals surface area contributed by atoms with Gasteiger partial charge in [-0.15, -0.1) is 0 Å². The normalized spacial score (nSPS) is 10.2. The molecule has 2 aromatic carbocycles. The average molecular weight is 263 g/mol. The number of ether oxygens (including phenoxy) is 1. The summed E-state index contributed by atoms with van der Waals surface area (Å²) in [6.45, 7) is 0. The number of hydrogen-bond acceptors (Lipinski definition) is 3. The van der Waals surface area contributed by atoms with E-state index in [1.807, 2.05) is 30.3 Å². The highest BCUT2D eigenvalue weighted by Crippen LogP contribution is 2.14. The summed E-state index contributed by atoms with van der Waals surface area (Å²) in [5.74, 6) is 0.648. The van der Waals surface area contributed by atoms with E-state index in [4.69, 9.17) is 10.00 Å². The van der Waals surface area contributed by atoms with Gasteiger partial charge in [0.05, 0.1) is 18.7 Å². The van der Waals surface area contributed by atoms with E-state index < -0.39 is 0 Å². The molecule has 3 heteroatoms. The second-order valence-electron chi connectivity index (χ2n) is 4.16. The largest absolute Gasteiger partial charge is 0.497 e. The van der Waals surface area contributed by atoms with Gasteiger partial charge in [0.1, 0.15) is 5.75 Å². The monoisotopic (exact) mass is 263 g/mol. The van der Waals surface area contributed by atoms with Crippen LogP contribution in [0.25, 0.3) is 6.08 Å². The van der Waals surface area contributed by atoms with E-state index >= 15 is 0 Å². The van der Waals surface area contributed by atoms with Crippen LogP contribution >= 0.6 is 0 Å². The van der Waals surface area contributed by atoms with Crippen LogP contribution in [0.5, 0.6) is 5.75 Å². The number of carbonyl (C=O) groups excluding carboxylic acids is 1. The van der Waals surface area contributed by atoms with Gasteiger partial charge in [0.25, 0.3) is 0 Å². The summed E-state index contributed by atoms with van der Waals surface area (Å²) in [4.78, 5) is 12.0. The van der Waals surface area contributed by atoms with E-state index in [-0.39, 0.29) is 5.78 Å². The molecule has 0 aliphatic carbocycles. The Balaban J connectivity index is 2.13. The molecule has 0 atom stereocenters. The van der Waals surface area contributed by atoms with Crippen LogP contribution in [0.4, 0.5) is 0 Å². The molecule has 0 amide bonds. The van der Waals surface area contributed by atoms with E-state index in [0.717, 1.165) is 11.3 Å². The van der Waals surface area contributed by atoms with Crippen LogP contribution < -0.4 is 4.74 Å². The Hall–Kier alpha value is -2.86. The fourth-order valence-corrected chi connectivity index (χ4v) is 1.72. The van der Waals surface area contributed by atoms with Crippen molar-refractivity contribution < 1.29 is 9.53 Å². The maximum Gasteiger partial charge on any atom is 0.185 e. The SMILES string of the molecule is COc1cccc(C=CC(=O)c2ccc(C#N)cc2)c1. The maximum absolute atomic E-state index is 12.0. The molecule has 3 nitrogen and oxygen atoms in total. The Labute approximate surface area is 117 Å². The Morgan fingerprint density at radius 3 is 2.60 bits per heavy atom. The number of benzene rings is 2. The van der Waals surface area contributed by atoms with Crippen molar-refractivity contribution >= 4 is 11.9 Å². The van der Waals surface area contributed by atoms with Crippen molar-refractivity contribution in [2.24, 2.45) is 0 Å². The Morgan fingerprint density at radius 1 is 1.20 bits per heavy atom. The molecule has 98 valence electrons. The van der Waals surface area contributed by atoms with Gasteiger partial charge in [-0.3, -0.25) is 4.79 Å². The third kappa shape index (κ3) is 3.33. The van der Waals surface area contributed by atoms with E-state index in [2.05, 4.69) is 0 Å². The van der Waals surface area contributed by atoms with Gasteiger partial charge >= 0.3 is 0 Å². The molecule has 0 N–H and O–H groups in total. The first-order valence-corrected chi connectivity index (χ1v) is 6.09. The molecule has 0 radical (unpaired) electrons. The number of allylic oxidation sites excluding steroid dienone is 1. The van der Waals surface area contributed by atoms with Crippen molar-refractivity contribution in [1.29, 1.82) is 5.26 Å². The van der Waals surface area contributed by atoms with Crippen molar-refractivity contribution in [1.82, 2.24) is 0 Å². The molecule has 0 aliphatic heterocycles. The highest BCUT2D eigenvalue weighted by atomic mass is 16.5. The van der Waals surface area contributed by atoms with Gasteiger partial charge in [0.15, 0.2) is 5.78 Å². The lowest BCUT2D eigenvalue weighted by Gasteiger charge is -2.00. The van der Waals surface area contributed by atoms with Crippen LogP contribution in [0.1, 0.15) is 21.5 Å². The zero-order chi connectivity index (χ0) is 14.4. The van der Waals surface area contributed by atoms with E-state index in [9.17, 15) is 4.79 Å². The first-order chi connectivity index (χ1) is 9.72. The lowest BCUT2D eigenvalue weighted by molar-refractivity contribution is 0.104. The van der Waals surface area contributed by atoms with Gasteiger partial charge in [0, 0.05) is 5.56 Å². The second-order valence-corrected chi connectivity index (χ2v) is 4.16. The number of nitrogens with zero attached hydrogens (tertiary/aromatic N) is 1. The fraction of sp³-hybridized carbons (Fsp3) is 0.0588. The molecule has 0 aliphatic rings. The van der Waals surface area contributed by atoms with Gasteiger partial charge in [-0.1, -0.05) is 18.2 Å². The molecule has 0 saturated heterocycles. The number of hydrogen-bond donors (Lipinski definition) is 0. The summed E-state index contributed by atoms with van der Waals surface area (Å²) in [5, 5.41) is 8.71. The highest BCUT2D eigenvalue weighted by Gasteiger charge is 2.01. The summed E-state index contributed by atoms with van der Waals surface area (Å²) in [5.41, 5.74) is 1.99. The molecule has 0 saturated carbocycles. The Bertz CT molecular complexity index is 679. The lowest BCUT2D eigenvalue weighted by Crippen LogP contribution is -1.93. The molecule has 20 heavy (non-hydrogen) atoms. The van der Waals surface area contributed by atoms with E-state index in [1.165, 1.54) is 6.08 Å². The molecule has 0 bridgehead atoms. The maximum atomic E-state index is 12.0. The van der Waals surface area contributed by atoms with Crippen LogP contribution in [0, 0.1) is 11.3 Å². The summed E-state index contributed by atoms with van der Waals surface area (Å²) in [6.07, 6.45) is 3.25. The number of carbonyl (C=O) groups is 1. The number of ketones is 1. The van der Waals surface area contributed by atoms with Crippen molar-refractivity contribution in [3.05, 3.63) is 71.3 Å². The first-order valence-electron chi connectivity index (χ1n) is 6.09. The molecule has 2 rings (SSSR count). The molecule has 0 unspecified atom stereocenters. The van der Waals surface area contributed by atoms with E-state index in [0.29, 0.717) is 11.1 Å². The minimum atomic E-state index is -0.0997. The molecule has 0 heterocycles. The predicted molar refractivity (Wildman–Crippen MR) is 77.5 cm³/mol. The summed E-state index contributed by atoms with van der Waals surface area (Å²) < 4.78 is 5.12. The van der Waals surface area contributed by atoms with Crippen LogP contribution in [-0.4, -0.2) is 12.9 Å².